The highest BCUT2D eigenvalue weighted by Gasteiger charge is 2.23. The van der Waals surface area contributed by atoms with Crippen molar-refractivity contribution in [2.75, 3.05) is 11.9 Å². The number of nitrogens with one attached hydrogen (secondary N) is 1. The second kappa shape index (κ2) is 7.89. The molecule has 0 fully saturated rings. The van der Waals surface area contributed by atoms with E-state index in [-0.39, 0.29) is 35.2 Å². The van der Waals surface area contributed by atoms with Gasteiger partial charge in [0.05, 0.1) is 17.7 Å². The number of ether oxygens (including phenoxy) is 1. The Morgan fingerprint density at radius 1 is 1.29 bits per heavy atom. The van der Waals surface area contributed by atoms with Crippen molar-refractivity contribution in [2.24, 2.45) is 5.92 Å². The van der Waals surface area contributed by atoms with E-state index in [9.17, 15) is 18.8 Å². The number of rotatable bonds is 5. The lowest BCUT2D eigenvalue weighted by molar-refractivity contribution is -0.118. The molecule has 0 unspecified atom stereocenters. The average Bonchev–Trinajstić information content (AvgIpc) is 3.07. The van der Waals surface area contributed by atoms with Crippen molar-refractivity contribution < 1.29 is 18.7 Å². The van der Waals surface area contributed by atoms with Gasteiger partial charge in [0.1, 0.15) is 10.8 Å². The summed E-state index contributed by atoms with van der Waals surface area (Å²) < 4.78 is 19.3. The lowest BCUT2D eigenvalue weighted by Gasteiger charge is -2.10. The van der Waals surface area contributed by atoms with Crippen LogP contribution in [0.2, 0.25) is 0 Å². The van der Waals surface area contributed by atoms with E-state index >= 15 is 0 Å². The minimum absolute atomic E-state index is 0.0536. The molecule has 0 aliphatic heterocycles. The molecule has 2 aromatic heterocycles. The Morgan fingerprint density at radius 2 is 1.96 bits per heavy atom. The number of carbonyl (C=O) groups is 2. The molecule has 1 amide bonds. The van der Waals surface area contributed by atoms with Crippen molar-refractivity contribution in [3.05, 3.63) is 51.5 Å². The van der Waals surface area contributed by atoms with Gasteiger partial charge in [0.25, 0.3) is 5.56 Å². The molecule has 0 atom stereocenters. The summed E-state index contributed by atoms with van der Waals surface area (Å²) in [6.07, 6.45) is 0. The Balaban J connectivity index is 2.27. The largest absolute Gasteiger partial charge is 0.461 e. The fraction of sp³-hybridized carbons (Fsp3) is 0.263. The van der Waals surface area contributed by atoms with Gasteiger partial charge in [-0.25, -0.2) is 9.18 Å². The zero-order valence-corrected chi connectivity index (χ0v) is 16.3. The number of hydrogen-bond acceptors (Lipinski definition) is 6. The lowest BCUT2D eigenvalue weighted by atomic mass is 10.2. The number of fused-ring (bicyclic) bond motifs is 1. The summed E-state index contributed by atoms with van der Waals surface area (Å²) in [6, 6.07) is 5.13. The molecule has 0 spiro atoms. The maximum atomic E-state index is 13.3. The Hall–Kier alpha value is -3.07. The standard InChI is InChI=1S/C19H18FN3O4S/c1-4-27-19(26)15-13-9-28-17(21-16(24)10(2)3)14(13)18(25)23(22-15)12-7-5-11(20)6-8-12/h5-10H,4H2,1-3H3,(H,21,24). The number of halogens is 1. The molecule has 0 saturated carbocycles. The first-order chi connectivity index (χ1) is 13.3. The second-order valence-electron chi connectivity index (χ2n) is 6.26. The summed E-state index contributed by atoms with van der Waals surface area (Å²) in [4.78, 5) is 37.6. The van der Waals surface area contributed by atoms with E-state index in [1.807, 2.05) is 0 Å². The van der Waals surface area contributed by atoms with E-state index in [0.29, 0.717) is 10.4 Å². The number of anilines is 1. The van der Waals surface area contributed by atoms with E-state index in [2.05, 4.69) is 10.4 Å². The number of thiophene rings is 1. The maximum absolute atomic E-state index is 13.3. The number of hydrogen-bond donors (Lipinski definition) is 1. The molecule has 0 radical (unpaired) electrons. The number of benzene rings is 1. The number of amides is 1. The average molecular weight is 403 g/mol. The van der Waals surface area contributed by atoms with Crippen LogP contribution >= 0.6 is 11.3 Å². The zero-order valence-electron chi connectivity index (χ0n) is 15.5. The monoisotopic (exact) mass is 403 g/mol. The highest BCUT2D eigenvalue weighted by molar-refractivity contribution is 7.16. The molecule has 0 saturated heterocycles. The van der Waals surface area contributed by atoms with Crippen LogP contribution in [0.15, 0.2) is 34.4 Å². The third-order valence-electron chi connectivity index (χ3n) is 3.95. The van der Waals surface area contributed by atoms with Crippen molar-refractivity contribution in [3.63, 3.8) is 0 Å². The van der Waals surface area contributed by atoms with Crippen LogP contribution in [0.5, 0.6) is 0 Å². The van der Waals surface area contributed by atoms with Gasteiger partial charge in [-0.3, -0.25) is 9.59 Å². The molecule has 3 aromatic rings. The molecular weight excluding hydrogens is 385 g/mol. The molecule has 146 valence electrons. The second-order valence-corrected chi connectivity index (χ2v) is 7.14. The first-order valence-corrected chi connectivity index (χ1v) is 9.49. The highest BCUT2D eigenvalue weighted by Crippen LogP contribution is 2.31. The third kappa shape index (κ3) is 3.65. The van der Waals surface area contributed by atoms with Gasteiger partial charge >= 0.3 is 5.97 Å². The van der Waals surface area contributed by atoms with Gasteiger partial charge < -0.3 is 10.1 Å². The number of nitrogens with zero attached hydrogens (tertiary/aromatic N) is 2. The molecular formula is C19H18FN3O4S. The van der Waals surface area contributed by atoms with Gasteiger partial charge in [-0.15, -0.1) is 11.3 Å². The maximum Gasteiger partial charge on any atom is 0.359 e. The number of esters is 1. The molecule has 0 aliphatic carbocycles. The van der Waals surface area contributed by atoms with Crippen LogP contribution in [0.4, 0.5) is 9.39 Å². The Morgan fingerprint density at radius 3 is 2.57 bits per heavy atom. The smallest absolute Gasteiger partial charge is 0.359 e. The van der Waals surface area contributed by atoms with Crippen molar-refractivity contribution >= 4 is 39.0 Å². The van der Waals surface area contributed by atoms with Gasteiger partial charge in [0, 0.05) is 16.7 Å². The topological polar surface area (TPSA) is 90.3 Å². The summed E-state index contributed by atoms with van der Waals surface area (Å²) in [5.74, 6) is -1.71. The van der Waals surface area contributed by atoms with Crippen molar-refractivity contribution in [1.82, 2.24) is 9.78 Å². The Labute approximate surface area is 163 Å². The summed E-state index contributed by atoms with van der Waals surface area (Å²) in [7, 11) is 0. The van der Waals surface area contributed by atoms with Gasteiger partial charge in [0.2, 0.25) is 5.91 Å². The first-order valence-electron chi connectivity index (χ1n) is 8.62. The molecule has 0 bridgehead atoms. The van der Waals surface area contributed by atoms with Gasteiger partial charge in [-0.2, -0.15) is 9.78 Å². The van der Waals surface area contributed by atoms with Crippen LogP contribution in [0.3, 0.4) is 0 Å². The van der Waals surface area contributed by atoms with Crippen LogP contribution in [0, 0.1) is 11.7 Å². The molecule has 0 aliphatic rings. The highest BCUT2D eigenvalue weighted by atomic mass is 32.1. The SMILES string of the molecule is CCOC(=O)c1nn(-c2ccc(F)cc2)c(=O)c2c(NC(=O)C(C)C)scc12. The quantitative estimate of drug-likeness (QED) is 0.660. The predicted molar refractivity (Wildman–Crippen MR) is 105 cm³/mol. The summed E-state index contributed by atoms with van der Waals surface area (Å²) in [5, 5.41) is 9.22. The minimum atomic E-state index is -0.692. The van der Waals surface area contributed by atoms with E-state index in [0.717, 1.165) is 16.0 Å². The third-order valence-corrected chi connectivity index (χ3v) is 4.85. The van der Waals surface area contributed by atoms with Crippen LogP contribution in [-0.4, -0.2) is 28.3 Å². The fourth-order valence-corrected chi connectivity index (χ4v) is 3.45. The number of aromatic nitrogens is 2. The molecule has 3 rings (SSSR count). The van der Waals surface area contributed by atoms with Crippen LogP contribution in [0.1, 0.15) is 31.3 Å². The molecule has 7 nitrogen and oxygen atoms in total. The van der Waals surface area contributed by atoms with Crippen molar-refractivity contribution in [2.45, 2.75) is 20.8 Å². The van der Waals surface area contributed by atoms with Crippen LogP contribution < -0.4 is 10.9 Å². The predicted octanol–water partition coefficient (Wildman–Crippen LogP) is 3.36. The molecule has 1 N–H and O–H groups in total. The van der Waals surface area contributed by atoms with Crippen molar-refractivity contribution in [1.29, 1.82) is 0 Å². The van der Waals surface area contributed by atoms with E-state index < -0.39 is 17.3 Å². The zero-order chi connectivity index (χ0) is 20.4. The Bertz CT molecular complexity index is 1100. The molecule has 1 aromatic carbocycles. The summed E-state index contributed by atoms with van der Waals surface area (Å²) >= 11 is 1.13. The molecule has 28 heavy (non-hydrogen) atoms. The van der Waals surface area contributed by atoms with Crippen LogP contribution in [0.25, 0.3) is 16.5 Å². The van der Waals surface area contributed by atoms with E-state index in [4.69, 9.17) is 4.74 Å². The fourth-order valence-electron chi connectivity index (χ4n) is 2.51. The van der Waals surface area contributed by atoms with Crippen LogP contribution in [-0.2, 0) is 9.53 Å². The lowest BCUT2D eigenvalue weighted by Crippen LogP contribution is -2.26. The molecule has 9 heteroatoms. The van der Waals surface area contributed by atoms with E-state index in [1.165, 1.54) is 24.3 Å². The van der Waals surface area contributed by atoms with Crippen molar-refractivity contribution in [3.8, 4) is 5.69 Å². The minimum Gasteiger partial charge on any atom is -0.461 e. The van der Waals surface area contributed by atoms with Gasteiger partial charge in [0.15, 0.2) is 5.69 Å². The molecule has 2 heterocycles. The van der Waals surface area contributed by atoms with Gasteiger partial charge in [-0.1, -0.05) is 13.8 Å². The Kier molecular flexibility index (Phi) is 5.55. The number of carbonyl (C=O) groups excluding carboxylic acids is 2. The normalized spacial score (nSPS) is 11.0. The summed E-state index contributed by atoms with van der Waals surface area (Å²) in [5.41, 5.74) is -0.303. The summed E-state index contributed by atoms with van der Waals surface area (Å²) in [6.45, 7) is 5.26. The first kappa shape index (κ1) is 19.7. The van der Waals surface area contributed by atoms with Gasteiger partial charge in [-0.05, 0) is 31.2 Å². The van der Waals surface area contributed by atoms with E-state index in [1.54, 1.807) is 26.2 Å².